The molecular weight excluding hydrogens is 398 g/mol. The van der Waals surface area contributed by atoms with E-state index in [1.54, 1.807) is 0 Å². The van der Waals surface area contributed by atoms with Gasteiger partial charge < -0.3 is 15.7 Å². The van der Waals surface area contributed by atoms with Crippen LogP contribution in [0.4, 0.5) is 0 Å². The van der Waals surface area contributed by atoms with E-state index in [1.165, 1.54) is 5.56 Å². The van der Waals surface area contributed by atoms with Gasteiger partial charge in [-0.15, -0.1) is 0 Å². The van der Waals surface area contributed by atoms with Crippen LogP contribution in [-0.2, 0) is 5.60 Å². The van der Waals surface area contributed by atoms with Crippen LogP contribution in [0, 0.1) is 13.8 Å². The molecule has 4 rings (SSSR count). The second-order valence-electron chi connectivity index (χ2n) is 9.58. The van der Waals surface area contributed by atoms with Gasteiger partial charge in [0.05, 0.1) is 18.2 Å². The predicted molar refractivity (Wildman–Crippen MR) is 128 cm³/mol. The smallest absolute Gasteiger partial charge is 0.251 e. The normalized spacial score (nSPS) is 23.9. The molecule has 5 heteroatoms. The molecule has 3 N–H and O–H groups in total. The first-order valence-electron chi connectivity index (χ1n) is 11.7. The summed E-state index contributed by atoms with van der Waals surface area (Å²) in [5, 5.41) is 17.5. The van der Waals surface area contributed by atoms with Crippen LogP contribution < -0.4 is 10.6 Å². The van der Waals surface area contributed by atoms with Gasteiger partial charge in [0, 0.05) is 30.4 Å². The lowest BCUT2D eigenvalue weighted by molar-refractivity contribution is -0.0396. The molecule has 1 saturated heterocycles. The van der Waals surface area contributed by atoms with Crippen LogP contribution in [0.15, 0.2) is 60.8 Å². The van der Waals surface area contributed by atoms with E-state index in [2.05, 4.69) is 47.2 Å². The van der Waals surface area contributed by atoms with E-state index < -0.39 is 5.60 Å². The Hall–Kier alpha value is -2.63. The molecule has 1 heterocycles. The molecule has 0 unspecified atom stereocenters. The van der Waals surface area contributed by atoms with Crippen LogP contribution in [0.5, 0.6) is 0 Å². The zero-order chi connectivity index (χ0) is 22.7. The number of benzene rings is 2. The summed E-state index contributed by atoms with van der Waals surface area (Å²) in [6.07, 6.45) is 3.66. The van der Waals surface area contributed by atoms with Gasteiger partial charge in [-0.05, 0) is 57.2 Å². The van der Waals surface area contributed by atoms with Crippen molar-refractivity contribution in [3.63, 3.8) is 0 Å². The summed E-state index contributed by atoms with van der Waals surface area (Å²) in [5.41, 5.74) is 4.16. The number of carbonyl (C=O) groups is 1. The fourth-order valence-electron chi connectivity index (χ4n) is 4.99. The molecule has 0 bridgehead atoms. The number of nitrogens with zero attached hydrogens (tertiary/aromatic N) is 1. The van der Waals surface area contributed by atoms with E-state index >= 15 is 0 Å². The van der Waals surface area contributed by atoms with Gasteiger partial charge >= 0.3 is 0 Å². The minimum absolute atomic E-state index is 0.0739. The lowest BCUT2D eigenvalue weighted by atomic mass is 9.76. The van der Waals surface area contributed by atoms with Crippen molar-refractivity contribution >= 4 is 5.91 Å². The van der Waals surface area contributed by atoms with Gasteiger partial charge in [0.1, 0.15) is 0 Å². The van der Waals surface area contributed by atoms with Crippen molar-refractivity contribution in [2.75, 3.05) is 19.6 Å². The molecule has 2 aliphatic rings. The summed E-state index contributed by atoms with van der Waals surface area (Å²) < 4.78 is 0. The van der Waals surface area contributed by atoms with Crippen LogP contribution in [0.1, 0.15) is 52.7 Å². The zero-order valence-electron chi connectivity index (χ0n) is 19.2. The van der Waals surface area contributed by atoms with Crippen LogP contribution in [0.3, 0.4) is 0 Å². The highest BCUT2D eigenvalue weighted by Gasteiger charge is 2.40. The Morgan fingerprint density at radius 3 is 2.41 bits per heavy atom. The maximum absolute atomic E-state index is 12.3. The van der Waals surface area contributed by atoms with Crippen molar-refractivity contribution in [3.8, 4) is 0 Å². The highest BCUT2D eigenvalue weighted by molar-refractivity contribution is 5.94. The molecule has 0 aromatic heterocycles. The number of aliphatic hydroxyl groups is 1. The summed E-state index contributed by atoms with van der Waals surface area (Å²) in [4.78, 5) is 14.8. The fraction of sp³-hybridized carbons (Fsp3) is 0.444. The van der Waals surface area contributed by atoms with E-state index in [0.717, 1.165) is 55.6 Å². The first kappa shape index (κ1) is 22.6. The highest BCUT2D eigenvalue weighted by atomic mass is 16.3. The number of nitrogens with one attached hydrogen (secondary N) is 2. The van der Waals surface area contributed by atoms with Gasteiger partial charge in [-0.3, -0.25) is 9.69 Å². The Bertz CT molecular complexity index is 972. The maximum Gasteiger partial charge on any atom is 0.251 e. The van der Waals surface area contributed by atoms with Crippen molar-refractivity contribution in [2.45, 2.75) is 57.2 Å². The molecule has 0 radical (unpaired) electrons. The van der Waals surface area contributed by atoms with Crippen molar-refractivity contribution < 1.29 is 9.90 Å². The summed E-state index contributed by atoms with van der Waals surface area (Å²) in [7, 11) is 0. The molecule has 1 aliphatic carbocycles. The first-order valence-corrected chi connectivity index (χ1v) is 11.7. The third kappa shape index (κ3) is 5.22. The molecule has 2 fully saturated rings. The van der Waals surface area contributed by atoms with Gasteiger partial charge in [0.25, 0.3) is 5.91 Å². The number of hydrogen-bond donors (Lipinski definition) is 3. The van der Waals surface area contributed by atoms with Gasteiger partial charge in [-0.1, -0.05) is 54.1 Å². The van der Waals surface area contributed by atoms with Crippen molar-refractivity contribution in [1.82, 2.24) is 15.5 Å². The van der Waals surface area contributed by atoms with Crippen molar-refractivity contribution in [1.29, 1.82) is 0 Å². The highest BCUT2D eigenvalue weighted by Crippen LogP contribution is 2.39. The fourth-order valence-corrected chi connectivity index (χ4v) is 4.99. The third-order valence-electron chi connectivity index (χ3n) is 6.91. The molecule has 2 aromatic rings. The molecule has 0 spiro atoms. The van der Waals surface area contributed by atoms with E-state index in [4.69, 9.17) is 0 Å². The molecule has 170 valence electrons. The summed E-state index contributed by atoms with van der Waals surface area (Å²) in [5.74, 6) is -0.0739. The van der Waals surface area contributed by atoms with Gasteiger partial charge in [-0.25, -0.2) is 0 Å². The number of rotatable bonds is 7. The van der Waals surface area contributed by atoms with E-state index in [9.17, 15) is 9.90 Å². The summed E-state index contributed by atoms with van der Waals surface area (Å²) in [6.45, 7) is 10.5. The van der Waals surface area contributed by atoms with Crippen molar-refractivity contribution in [3.05, 3.63) is 83.1 Å². The lowest BCUT2D eigenvalue weighted by Gasteiger charge is -2.48. The Labute approximate surface area is 191 Å². The number of amides is 1. The van der Waals surface area contributed by atoms with Gasteiger partial charge in [0.15, 0.2) is 0 Å². The molecular formula is C27H35N3O2. The molecule has 32 heavy (non-hydrogen) atoms. The SMILES string of the molecule is C=C(CNC(=O)c1cccc(C)c1)NC1CN(C2CCC(O)(c3cccc(C)c3)CC2)C1. The van der Waals surface area contributed by atoms with E-state index in [-0.39, 0.29) is 5.91 Å². The second kappa shape index (κ2) is 9.47. The number of aryl methyl sites for hydroxylation is 2. The molecule has 1 aliphatic heterocycles. The number of likely N-dealkylation sites (tertiary alicyclic amines) is 1. The third-order valence-corrected chi connectivity index (χ3v) is 6.91. The average Bonchev–Trinajstić information content (AvgIpc) is 2.75. The predicted octanol–water partition coefficient (Wildman–Crippen LogP) is 3.65. The lowest BCUT2D eigenvalue weighted by Crippen LogP contribution is -2.62. The van der Waals surface area contributed by atoms with Crippen LogP contribution in [0.2, 0.25) is 0 Å². The van der Waals surface area contributed by atoms with Gasteiger partial charge in [0.2, 0.25) is 0 Å². The maximum atomic E-state index is 12.3. The molecule has 1 amide bonds. The van der Waals surface area contributed by atoms with E-state index in [0.29, 0.717) is 24.2 Å². The minimum atomic E-state index is -0.686. The topological polar surface area (TPSA) is 64.6 Å². The zero-order valence-corrected chi connectivity index (χ0v) is 19.2. The van der Waals surface area contributed by atoms with Crippen molar-refractivity contribution in [2.24, 2.45) is 0 Å². The van der Waals surface area contributed by atoms with E-state index in [1.807, 2.05) is 37.3 Å². The number of hydrogen-bond acceptors (Lipinski definition) is 4. The summed E-state index contributed by atoms with van der Waals surface area (Å²) >= 11 is 0. The quantitative estimate of drug-likeness (QED) is 0.624. The number of carbonyl (C=O) groups excluding carboxylic acids is 1. The molecule has 0 atom stereocenters. The largest absolute Gasteiger partial charge is 0.385 e. The Balaban J connectivity index is 1.17. The molecule has 1 saturated carbocycles. The molecule has 2 aromatic carbocycles. The monoisotopic (exact) mass is 433 g/mol. The van der Waals surface area contributed by atoms with Crippen LogP contribution >= 0.6 is 0 Å². The minimum Gasteiger partial charge on any atom is -0.385 e. The first-order chi connectivity index (χ1) is 15.3. The van der Waals surface area contributed by atoms with Gasteiger partial charge in [-0.2, -0.15) is 0 Å². The van der Waals surface area contributed by atoms with Crippen LogP contribution in [-0.4, -0.2) is 47.6 Å². The Morgan fingerprint density at radius 1 is 1.09 bits per heavy atom. The summed E-state index contributed by atoms with van der Waals surface area (Å²) in [6, 6.07) is 16.8. The second-order valence-corrected chi connectivity index (χ2v) is 9.58. The molecule has 5 nitrogen and oxygen atoms in total. The Morgan fingerprint density at radius 2 is 1.75 bits per heavy atom. The van der Waals surface area contributed by atoms with Crippen LogP contribution in [0.25, 0.3) is 0 Å². The standard InChI is InChI=1S/C27H35N3O2/c1-19-6-4-8-22(14-19)26(31)28-16-21(3)29-24-17-30(18-24)25-10-12-27(32,13-11-25)23-9-5-7-20(2)15-23/h4-9,14-15,24-25,29,32H,3,10-13,16-18H2,1-2H3,(H,28,31). The average molecular weight is 434 g/mol. The Kier molecular flexibility index (Phi) is 6.68.